The van der Waals surface area contributed by atoms with Gasteiger partial charge in [-0.2, -0.15) is 0 Å². The quantitative estimate of drug-likeness (QED) is 0.734. The monoisotopic (exact) mass is 255 g/mol. The third-order valence-corrected chi connectivity index (χ3v) is 4.99. The molecule has 1 rings (SSSR count). The number of nitrogens with zero attached hydrogens (tertiary/aromatic N) is 1. The summed E-state index contributed by atoms with van der Waals surface area (Å²) >= 11 is 5.47. The molecule has 0 spiro atoms. The molecule has 90 valence electrons. The lowest BCUT2D eigenvalue weighted by Crippen LogP contribution is -2.32. The molecule has 0 aromatic rings. The average Bonchev–Trinajstić information content (AvgIpc) is 2.64. The second-order valence-electron chi connectivity index (χ2n) is 4.01. The molecule has 6 heteroatoms. The molecule has 0 aliphatic carbocycles. The summed E-state index contributed by atoms with van der Waals surface area (Å²) in [5.41, 5.74) is 0. The molecule has 0 bridgehead atoms. The Kier molecular flexibility index (Phi) is 4.83. The normalized spacial score (nSPS) is 25.7. The number of aliphatic hydroxyl groups is 1. The van der Waals surface area contributed by atoms with Crippen LogP contribution in [-0.4, -0.2) is 48.7 Å². The highest BCUT2D eigenvalue weighted by Crippen LogP contribution is 2.22. The van der Waals surface area contributed by atoms with Gasteiger partial charge in [-0.15, -0.1) is 11.6 Å². The number of aliphatic hydroxyl groups excluding tert-OH is 1. The number of hydrogen-bond acceptors (Lipinski definition) is 3. The average molecular weight is 256 g/mol. The molecule has 0 radical (unpaired) electrons. The number of alkyl halides is 1. The lowest BCUT2D eigenvalue weighted by atomic mass is 10.0. The summed E-state index contributed by atoms with van der Waals surface area (Å²) in [4.78, 5) is 0. The highest BCUT2D eigenvalue weighted by Gasteiger charge is 2.32. The first kappa shape index (κ1) is 13.2. The summed E-state index contributed by atoms with van der Waals surface area (Å²) in [6, 6.07) is 0. The van der Waals surface area contributed by atoms with Gasteiger partial charge >= 0.3 is 0 Å². The maximum absolute atomic E-state index is 11.7. The maximum Gasteiger partial charge on any atom is 0.214 e. The fourth-order valence-corrected chi connectivity index (χ4v) is 3.63. The van der Waals surface area contributed by atoms with E-state index in [1.165, 1.54) is 4.31 Å². The fourth-order valence-electron chi connectivity index (χ4n) is 1.77. The smallest absolute Gasteiger partial charge is 0.214 e. The molecule has 1 heterocycles. The molecule has 0 aromatic heterocycles. The topological polar surface area (TPSA) is 57.6 Å². The molecular formula is C9H18ClNO3S. The Morgan fingerprint density at radius 3 is 2.73 bits per heavy atom. The van der Waals surface area contributed by atoms with E-state index in [9.17, 15) is 13.5 Å². The summed E-state index contributed by atoms with van der Waals surface area (Å²) in [6.45, 7) is 2.68. The predicted molar refractivity (Wildman–Crippen MR) is 60.5 cm³/mol. The van der Waals surface area contributed by atoms with E-state index in [1.807, 2.05) is 0 Å². The summed E-state index contributed by atoms with van der Waals surface area (Å²) in [7, 11) is -3.15. The zero-order valence-corrected chi connectivity index (χ0v) is 10.5. The molecule has 1 aliphatic heterocycles. The van der Waals surface area contributed by atoms with Gasteiger partial charge in [0.15, 0.2) is 0 Å². The van der Waals surface area contributed by atoms with Crippen molar-refractivity contribution in [2.24, 2.45) is 5.92 Å². The Morgan fingerprint density at radius 2 is 2.27 bits per heavy atom. The van der Waals surface area contributed by atoms with Gasteiger partial charge in [-0.05, 0) is 25.7 Å². The lowest BCUT2D eigenvalue weighted by molar-refractivity contribution is 0.133. The van der Waals surface area contributed by atoms with Gasteiger partial charge in [0.05, 0.1) is 11.9 Å². The van der Waals surface area contributed by atoms with Crippen molar-refractivity contribution in [2.45, 2.75) is 25.9 Å². The molecule has 1 fully saturated rings. The first-order valence-electron chi connectivity index (χ1n) is 5.19. The number of hydrogen-bond donors (Lipinski definition) is 1. The molecule has 0 aromatic carbocycles. The third kappa shape index (κ3) is 3.59. The van der Waals surface area contributed by atoms with E-state index in [2.05, 4.69) is 0 Å². The standard InChI is InChI=1S/C9H18ClNO3S/c1-8(12)9-3-5-11(7-9)15(13,14)6-2-4-10/h8-9,12H,2-7H2,1H3. The highest BCUT2D eigenvalue weighted by atomic mass is 35.5. The van der Waals surface area contributed by atoms with Crippen LogP contribution in [-0.2, 0) is 10.0 Å². The van der Waals surface area contributed by atoms with Crippen LogP contribution in [0.3, 0.4) is 0 Å². The maximum atomic E-state index is 11.7. The highest BCUT2D eigenvalue weighted by molar-refractivity contribution is 7.89. The predicted octanol–water partition coefficient (Wildman–Crippen LogP) is 0.648. The van der Waals surface area contributed by atoms with E-state index >= 15 is 0 Å². The SMILES string of the molecule is CC(O)C1CCN(S(=O)(=O)CCCCl)C1. The van der Waals surface area contributed by atoms with Gasteiger partial charge in [0.2, 0.25) is 10.0 Å². The van der Waals surface area contributed by atoms with Gasteiger partial charge < -0.3 is 5.11 Å². The summed E-state index contributed by atoms with van der Waals surface area (Å²) in [5.74, 6) is 0.561. The van der Waals surface area contributed by atoms with Crippen molar-refractivity contribution < 1.29 is 13.5 Å². The van der Waals surface area contributed by atoms with Crippen molar-refractivity contribution >= 4 is 21.6 Å². The van der Waals surface area contributed by atoms with Gasteiger partial charge in [0, 0.05) is 19.0 Å². The van der Waals surface area contributed by atoms with E-state index in [-0.39, 0.29) is 11.7 Å². The Balaban J connectivity index is 2.52. The second kappa shape index (κ2) is 5.48. The fraction of sp³-hybridized carbons (Fsp3) is 1.00. The minimum Gasteiger partial charge on any atom is -0.393 e. The first-order chi connectivity index (χ1) is 6.97. The molecule has 1 saturated heterocycles. The molecule has 0 amide bonds. The number of halogens is 1. The number of rotatable bonds is 5. The summed E-state index contributed by atoms with van der Waals surface area (Å²) < 4.78 is 25.0. The summed E-state index contributed by atoms with van der Waals surface area (Å²) in [6.07, 6.45) is 0.801. The zero-order chi connectivity index (χ0) is 11.5. The van der Waals surface area contributed by atoms with Gasteiger partial charge in [-0.3, -0.25) is 0 Å². The van der Waals surface area contributed by atoms with Crippen LogP contribution in [0.15, 0.2) is 0 Å². The first-order valence-corrected chi connectivity index (χ1v) is 7.33. The van der Waals surface area contributed by atoms with Gasteiger partial charge in [-0.25, -0.2) is 12.7 Å². The van der Waals surface area contributed by atoms with Crippen LogP contribution in [0.5, 0.6) is 0 Å². The second-order valence-corrected chi connectivity index (χ2v) is 6.47. The van der Waals surface area contributed by atoms with Crippen molar-refractivity contribution in [3.05, 3.63) is 0 Å². The van der Waals surface area contributed by atoms with Crippen molar-refractivity contribution in [2.75, 3.05) is 24.7 Å². The van der Waals surface area contributed by atoms with Crippen LogP contribution in [0, 0.1) is 5.92 Å². The molecule has 1 aliphatic rings. The van der Waals surface area contributed by atoms with Crippen molar-refractivity contribution in [3.63, 3.8) is 0 Å². The van der Waals surface area contributed by atoms with Crippen molar-refractivity contribution in [3.8, 4) is 0 Å². The van der Waals surface area contributed by atoms with Crippen LogP contribution < -0.4 is 0 Å². The molecule has 4 nitrogen and oxygen atoms in total. The molecular weight excluding hydrogens is 238 g/mol. The van der Waals surface area contributed by atoms with Crippen LogP contribution in [0.2, 0.25) is 0 Å². The van der Waals surface area contributed by atoms with Crippen LogP contribution in [0.1, 0.15) is 19.8 Å². The molecule has 1 N–H and O–H groups in total. The zero-order valence-electron chi connectivity index (χ0n) is 8.89. The third-order valence-electron chi connectivity index (χ3n) is 2.80. The minimum absolute atomic E-state index is 0.0794. The van der Waals surface area contributed by atoms with Crippen molar-refractivity contribution in [1.29, 1.82) is 0 Å². The van der Waals surface area contributed by atoms with Gasteiger partial charge in [-0.1, -0.05) is 0 Å². The largest absolute Gasteiger partial charge is 0.393 e. The lowest BCUT2D eigenvalue weighted by Gasteiger charge is -2.17. The van der Waals surface area contributed by atoms with Crippen LogP contribution >= 0.6 is 11.6 Å². The minimum atomic E-state index is -3.15. The Hall–Kier alpha value is 0.160. The Bertz CT molecular complexity index is 292. The molecule has 15 heavy (non-hydrogen) atoms. The van der Waals surface area contributed by atoms with E-state index in [1.54, 1.807) is 6.92 Å². The van der Waals surface area contributed by atoms with Crippen molar-refractivity contribution in [1.82, 2.24) is 4.31 Å². The Morgan fingerprint density at radius 1 is 1.60 bits per heavy atom. The van der Waals surface area contributed by atoms with Gasteiger partial charge in [0.1, 0.15) is 0 Å². The molecule has 2 unspecified atom stereocenters. The van der Waals surface area contributed by atoms with E-state index in [0.29, 0.717) is 25.4 Å². The number of sulfonamides is 1. The van der Waals surface area contributed by atoms with Crippen LogP contribution in [0.4, 0.5) is 0 Å². The van der Waals surface area contributed by atoms with Crippen LogP contribution in [0.25, 0.3) is 0 Å². The summed E-state index contributed by atoms with van der Waals surface area (Å²) in [5, 5.41) is 9.37. The molecule has 2 atom stereocenters. The van der Waals surface area contributed by atoms with E-state index < -0.39 is 16.1 Å². The Labute approximate surface area is 96.3 Å². The van der Waals surface area contributed by atoms with E-state index in [0.717, 1.165) is 6.42 Å². The van der Waals surface area contributed by atoms with E-state index in [4.69, 9.17) is 11.6 Å². The van der Waals surface area contributed by atoms with Gasteiger partial charge in [0.25, 0.3) is 0 Å². The molecule has 0 saturated carbocycles.